The highest BCUT2D eigenvalue weighted by atomic mass is 19.4. The number of para-hydroxylation sites is 1. The minimum absolute atomic E-state index is 0.0474. The number of likely N-dealkylation sites (tertiary alicyclic amines) is 1. The molecule has 0 radical (unpaired) electrons. The Morgan fingerprint density at radius 3 is 2.59 bits per heavy atom. The lowest BCUT2D eigenvalue weighted by Gasteiger charge is -2.33. The van der Waals surface area contributed by atoms with Gasteiger partial charge in [0.05, 0.1) is 11.5 Å². The summed E-state index contributed by atoms with van der Waals surface area (Å²) in [4.78, 5) is 48.1. The number of ether oxygens (including phenoxy) is 1. The van der Waals surface area contributed by atoms with Gasteiger partial charge in [-0.05, 0) is 61.6 Å². The van der Waals surface area contributed by atoms with Crippen LogP contribution in [-0.4, -0.2) is 64.5 Å². The predicted octanol–water partition coefficient (Wildman–Crippen LogP) is 5.25. The molecule has 3 aromatic rings. The van der Waals surface area contributed by atoms with Gasteiger partial charge in [0.25, 0.3) is 5.91 Å². The number of benzene rings is 2. The second-order valence-electron chi connectivity index (χ2n) is 11.9. The molecule has 12 heteroatoms. The van der Waals surface area contributed by atoms with Gasteiger partial charge >= 0.3 is 6.36 Å². The number of aromatic nitrogens is 1. The van der Waals surface area contributed by atoms with Crippen molar-refractivity contribution in [1.82, 2.24) is 14.8 Å². The van der Waals surface area contributed by atoms with Crippen molar-refractivity contribution in [2.75, 3.05) is 18.9 Å². The maximum atomic E-state index is 14.2. The number of alkyl halides is 3. The highest BCUT2D eigenvalue weighted by Crippen LogP contribution is 2.46. The number of nitrogens with zero attached hydrogens (tertiary/aromatic N) is 4. The topological polar surface area (TPSA) is 116 Å². The van der Waals surface area contributed by atoms with E-state index < -0.39 is 41.4 Å². The summed E-state index contributed by atoms with van der Waals surface area (Å²) in [5.41, 5.74) is 1.28. The zero-order valence-electron chi connectivity index (χ0n) is 25.0. The first-order valence-electron chi connectivity index (χ1n) is 14.2. The van der Waals surface area contributed by atoms with Gasteiger partial charge in [-0.1, -0.05) is 32.0 Å². The van der Waals surface area contributed by atoms with E-state index in [1.807, 2.05) is 13.8 Å². The van der Waals surface area contributed by atoms with Crippen molar-refractivity contribution in [2.24, 2.45) is 5.92 Å². The number of carbonyl (C=O) groups excluding carboxylic acids is 3. The molecular weight excluding hydrogens is 575 g/mol. The van der Waals surface area contributed by atoms with Crippen LogP contribution in [-0.2, 0) is 15.0 Å². The number of hydrogen-bond acceptors (Lipinski definition) is 6. The molecular formula is C32H32F3N5O4. The van der Waals surface area contributed by atoms with E-state index in [2.05, 4.69) is 21.1 Å². The highest BCUT2D eigenvalue weighted by molar-refractivity contribution is 6.07. The summed E-state index contributed by atoms with van der Waals surface area (Å²) in [6, 6.07) is 11.3. The summed E-state index contributed by atoms with van der Waals surface area (Å²) in [5, 5.41) is 13.2. The number of halogens is 3. The van der Waals surface area contributed by atoms with Crippen LogP contribution >= 0.6 is 0 Å². The standard InChI is InChI=1S/C32H32F3N5O4/c1-17(2)10-25(29(42)40-16-31(14-22(40)15-36)23-8-6-7-9-24(23)38-30(31)43)39(5)28(41)21-12-20-11-18(3)19(4)37-27(20)26(13-21)44-32(33,34)35/h6-9,11-13,17,22,25H,10,14,16H2,1-5H3,(H,38,43)/t22-,25-,31-/m0/s1. The van der Waals surface area contributed by atoms with E-state index in [0.29, 0.717) is 22.5 Å². The van der Waals surface area contributed by atoms with Crippen molar-refractivity contribution >= 4 is 34.3 Å². The number of likely N-dealkylation sites (N-methyl/N-ethyl adjacent to an activating group) is 1. The monoisotopic (exact) mass is 607 g/mol. The van der Waals surface area contributed by atoms with E-state index in [4.69, 9.17) is 0 Å². The van der Waals surface area contributed by atoms with Crippen LogP contribution in [0.4, 0.5) is 18.9 Å². The lowest BCUT2D eigenvalue weighted by Crippen LogP contribution is -2.52. The quantitative estimate of drug-likeness (QED) is 0.409. The molecule has 1 N–H and O–H groups in total. The number of fused-ring (bicyclic) bond motifs is 3. The van der Waals surface area contributed by atoms with E-state index in [0.717, 1.165) is 6.07 Å². The molecule has 44 heavy (non-hydrogen) atoms. The molecule has 0 unspecified atom stereocenters. The highest BCUT2D eigenvalue weighted by Gasteiger charge is 2.56. The average molecular weight is 608 g/mol. The molecule has 2 aromatic carbocycles. The molecule has 1 spiro atoms. The van der Waals surface area contributed by atoms with Gasteiger partial charge in [-0.15, -0.1) is 13.2 Å². The Hall–Kier alpha value is -4.66. The number of aryl methyl sites for hydroxylation is 2. The van der Waals surface area contributed by atoms with Gasteiger partial charge in [-0.2, -0.15) is 5.26 Å². The van der Waals surface area contributed by atoms with E-state index in [9.17, 15) is 32.8 Å². The number of rotatable bonds is 6. The van der Waals surface area contributed by atoms with Crippen LogP contribution in [0.5, 0.6) is 5.75 Å². The molecule has 3 amide bonds. The van der Waals surface area contributed by atoms with Crippen molar-refractivity contribution < 1.29 is 32.3 Å². The number of hydrogen-bond donors (Lipinski definition) is 1. The molecule has 0 bridgehead atoms. The van der Waals surface area contributed by atoms with Crippen molar-refractivity contribution in [3.63, 3.8) is 0 Å². The normalized spacial score (nSPS) is 20.0. The Bertz CT molecular complexity index is 1720. The van der Waals surface area contributed by atoms with Crippen LogP contribution < -0.4 is 10.1 Å². The minimum atomic E-state index is -5.03. The fourth-order valence-corrected chi connectivity index (χ4v) is 6.17. The maximum absolute atomic E-state index is 14.2. The van der Waals surface area contributed by atoms with Gasteiger partial charge in [0.2, 0.25) is 11.8 Å². The van der Waals surface area contributed by atoms with Crippen LogP contribution in [0.1, 0.15) is 53.9 Å². The van der Waals surface area contributed by atoms with Crippen LogP contribution in [0.2, 0.25) is 0 Å². The molecule has 2 aliphatic heterocycles. The van der Waals surface area contributed by atoms with Crippen molar-refractivity contribution in [3.8, 4) is 11.8 Å². The predicted molar refractivity (Wildman–Crippen MR) is 156 cm³/mol. The van der Waals surface area contributed by atoms with Gasteiger partial charge in [-0.25, -0.2) is 4.98 Å². The van der Waals surface area contributed by atoms with E-state index in [1.54, 1.807) is 44.2 Å². The van der Waals surface area contributed by atoms with Crippen molar-refractivity contribution in [3.05, 3.63) is 64.8 Å². The minimum Gasteiger partial charge on any atom is -0.403 e. The molecule has 1 aromatic heterocycles. The lowest BCUT2D eigenvalue weighted by molar-refractivity contribution is -0.274. The zero-order chi connectivity index (χ0) is 32.1. The van der Waals surface area contributed by atoms with E-state index in [1.165, 1.54) is 22.9 Å². The molecule has 1 saturated heterocycles. The summed E-state index contributed by atoms with van der Waals surface area (Å²) in [6.45, 7) is 7.10. The van der Waals surface area contributed by atoms with Crippen LogP contribution in [0, 0.1) is 31.1 Å². The van der Waals surface area contributed by atoms with E-state index >= 15 is 0 Å². The summed E-state index contributed by atoms with van der Waals surface area (Å²) < 4.78 is 44.3. The SMILES string of the molecule is Cc1cc2cc(C(=O)N(C)[C@@H](CC(C)C)C(=O)N3C[C@]4(C[C@H]3C#N)C(=O)Nc3ccccc34)cc(OC(F)(F)F)c2nc1C. The summed E-state index contributed by atoms with van der Waals surface area (Å²) >= 11 is 0. The third-order valence-electron chi connectivity index (χ3n) is 8.48. The summed E-state index contributed by atoms with van der Waals surface area (Å²) in [7, 11) is 1.41. The molecule has 0 saturated carbocycles. The van der Waals surface area contributed by atoms with Gasteiger partial charge in [0, 0.05) is 42.3 Å². The first-order chi connectivity index (χ1) is 20.6. The second kappa shape index (κ2) is 11.1. The zero-order valence-corrected chi connectivity index (χ0v) is 25.0. The number of anilines is 1. The molecule has 0 aliphatic carbocycles. The number of nitrogens with one attached hydrogen (secondary N) is 1. The molecule has 2 aliphatic rings. The fraction of sp³-hybridized carbons (Fsp3) is 0.406. The Kier molecular flexibility index (Phi) is 7.78. The Morgan fingerprint density at radius 1 is 1.23 bits per heavy atom. The third-order valence-corrected chi connectivity index (χ3v) is 8.48. The molecule has 1 fully saturated rings. The lowest BCUT2D eigenvalue weighted by atomic mass is 9.80. The van der Waals surface area contributed by atoms with Crippen LogP contribution in [0.15, 0.2) is 42.5 Å². The molecule has 9 nitrogen and oxygen atoms in total. The smallest absolute Gasteiger partial charge is 0.403 e. The number of amides is 3. The van der Waals surface area contributed by atoms with Crippen molar-refractivity contribution in [1.29, 1.82) is 5.26 Å². The average Bonchev–Trinajstić information content (AvgIpc) is 3.48. The second-order valence-corrected chi connectivity index (χ2v) is 11.9. The van der Waals surface area contributed by atoms with E-state index in [-0.39, 0.29) is 47.7 Å². The summed E-state index contributed by atoms with van der Waals surface area (Å²) in [6.07, 6.45) is -4.72. The number of carbonyl (C=O) groups is 3. The molecule has 3 atom stereocenters. The largest absolute Gasteiger partial charge is 0.573 e. The third kappa shape index (κ3) is 5.42. The van der Waals surface area contributed by atoms with Gasteiger partial charge in [0.1, 0.15) is 17.6 Å². The van der Waals surface area contributed by atoms with Crippen molar-refractivity contribution in [2.45, 2.75) is 64.4 Å². The molecule has 5 rings (SSSR count). The maximum Gasteiger partial charge on any atom is 0.573 e. The van der Waals surface area contributed by atoms with Crippen LogP contribution in [0.25, 0.3) is 10.9 Å². The molecule has 230 valence electrons. The Labute approximate surface area is 252 Å². The number of nitriles is 1. The first kappa shape index (κ1) is 30.8. The fourth-order valence-electron chi connectivity index (χ4n) is 6.17. The van der Waals surface area contributed by atoms with Crippen LogP contribution in [0.3, 0.4) is 0 Å². The van der Waals surface area contributed by atoms with Gasteiger partial charge < -0.3 is 19.9 Å². The van der Waals surface area contributed by atoms with Gasteiger partial charge in [-0.3, -0.25) is 14.4 Å². The Morgan fingerprint density at radius 2 is 1.93 bits per heavy atom. The van der Waals surface area contributed by atoms with Gasteiger partial charge in [0.15, 0.2) is 5.75 Å². The molecule has 3 heterocycles. The number of pyridine rings is 1. The summed E-state index contributed by atoms with van der Waals surface area (Å²) in [5.74, 6) is -2.22. The Balaban J connectivity index is 1.51. The first-order valence-corrected chi connectivity index (χ1v) is 14.2.